The number of aliphatic hydroxyl groups excluding tert-OH is 2. The van der Waals surface area contributed by atoms with Gasteiger partial charge >= 0.3 is 5.97 Å². The predicted octanol–water partition coefficient (Wildman–Crippen LogP) is -3.98. The molecule has 324 valence electrons. The van der Waals surface area contributed by atoms with E-state index in [1.165, 1.54) is 23.6 Å². The van der Waals surface area contributed by atoms with Crippen LogP contribution in [0.15, 0.2) is 0 Å². The van der Waals surface area contributed by atoms with Crippen LogP contribution in [0.4, 0.5) is 0 Å². The molecule has 0 radical (unpaired) electrons. The number of carbonyl (C=O) groups is 9. The summed E-state index contributed by atoms with van der Waals surface area (Å²) in [7, 11) is 0. The van der Waals surface area contributed by atoms with Gasteiger partial charge in [-0.2, -0.15) is 11.8 Å². The summed E-state index contributed by atoms with van der Waals surface area (Å²) in [5.41, 5.74) is 11.3. The molecule has 13 N–H and O–H groups in total. The number of primary amides is 1. The summed E-state index contributed by atoms with van der Waals surface area (Å²) in [5, 5.41) is 43.7. The summed E-state index contributed by atoms with van der Waals surface area (Å²) in [6.07, 6.45) is 0.468. The van der Waals surface area contributed by atoms with Crippen molar-refractivity contribution in [1.29, 1.82) is 0 Å². The minimum atomic E-state index is -1.68. The molecule has 22 heteroatoms. The minimum Gasteiger partial charge on any atom is -0.480 e. The van der Waals surface area contributed by atoms with Gasteiger partial charge in [0.25, 0.3) is 0 Å². The molecule has 0 aliphatic carbocycles. The van der Waals surface area contributed by atoms with E-state index in [1.807, 2.05) is 0 Å². The smallest absolute Gasteiger partial charge is 0.322 e. The second-order valence-electron chi connectivity index (χ2n) is 14.6. The Kier molecular flexibility index (Phi) is 22.1. The van der Waals surface area contributed by atoms with Crippen LogP contribution >= 0.6 is 11.8 Å². The van der Waals surface area contributed by atoms with Crippen molar-refractivity contribution in [3.05, 3.63) is 0 Å². The molecule has 1 heterocycles. The van der Waals surface area contributed by atoms with E-state index in [9.17, 15) is 53.4 Å². The van der Waals surface area contributed by atoms with Crippen molar-refractivity contribution in [2.24, 2.45) is 23.3 Å². The maximum absolute atomic E-state index is 13.6. The van der Waals surface area contributed by atoms with Gasteiger partial charge in [0.15, 0.2) is 0 Å². The van der Waals surface area contributed by atoms with Gasteiger partial charge in [0, 0.05) is 13.0 Å². The first-order chi connectivity index (χ1) is 26.6. The summed E-state index contributed by atoms with van der Waals surface area (Å²) in [6, 6.07) is -9.16. The Morgan fingerprint density at radius 2 is 1.35 bits per heavy atom. The summed E-state index contributed by atoms with van der Waals surface area (Å²) in [6.45, 7) is 6.77. The monoisotopic (exact) mass is 831 g/mol. The van der Waals surface area contributed by atoms with Crippen molar-refractivity contribution in [2.75, 3.05) is 31.7 Å². The lowest BCUT2D eigenvalue weighted by atomic mass is 10.0. The predicted molar refractivity (Wildman–Crippen MR) is 207 cm³/mol. The number of nitrogens with one attached hydrogen (secondary N) is 6. The highest BCUT2D eigenvalue weighted by molar-refractivity contribution is 7.98. The number of carboxylic acids is 1. The van der Waals surface area contributed by atoms with Crippen molar-refractivity contribution < 1.29 is 58.5 Å². The number of aliphatic hydroxyl groups is 2. The number of carbonyl (C=O) groups excluding carboxylic acids is 8. The van der Waals surface area contributed by atoms with Gasteiger partial charge in [-0.3, -0.25) is 43.2 Å². The zero-order valence-corrected chi connectivity index (χ0v) is 34.2. The van der Waals surface area contributed by atoms with Crippen LogP contribution in [0, 0.1) is 11.8 Å². The molecule has 0 aromatic rings. The third-order valence-electron chi connectivity index (χ3n) is 9.03. The topological polar surface area (TPSA) is 342 Å². The molecule has 1 aliphatic rings. The van der Waals surface area contributed by atoms with Crippen LogP contribution in [0.25, 0.3) is 0 Å². The van der Waals surface area contributed by atoms with E-state index in [2.05, 4.69) is 31.9 Å². The fourth-order valence-electron chi connectivity index (χ4n) is 5.76. The van der Waals surface area contributed by atoms with E-state index in [0.29, 0.717) is 12.2 Å². The van der Waals surface area contributed by atoms with Crippen molar-refractivity contribution in [2.45, 2.75) is 122 Å². The van der Waals surface area contributed by atoms with E-state index >= 15 is 0 Å². The molecule has 0 aromatic heterocycles. The van der Waals surface area contributed by atoms with E-state index in [-0.39, 0.29) is 50.5 Å². The zero-order chi connectivity index (χ0) is 43.6. The lowest BCUT2D eigenvalue weighted by molar-refractivity contribution is -0.141. The number of amides is 8. The largest absolute Gasteiger partial charge is 0.480 e. The summed E-state index contributed by atoms with van der Waals surface area (Å²) in [4.78, 5) is 117. The van der Waals surface area contributed by atoms with Gasteiger partial charge in [-0.1, -0.05) is 27.7 Å². The third-order valence-corrected chi connectivity index (χ3v) is 9.67. The third kappa shape index (κ3) is 17.2. The van der Waals surface area contributed by atoms with Gasteiger partial charge in [-0.25, -0.2) is 0 Å². The number of rotatable bonds is 25. The normalized spacial score (nSPS) is 17.6. The fourth-order valence-corrected chi connectivity index (χ4v) is 6.23. The van der Waals surface area contributed by atoms with Gasteiger partial charge < -0.3 is 63.6 Å². The molecule has 1 fully saturated rings. The van der Waals surface area contributed by atoms with Gasteiger partial charge in [0.1, 0.15) is 42.8 Å². The molecule has 1 rings (SSSR count). The number of hydrogen-bond donors (Lipinski definition) is 11. The average Bonchev–Trinajstić information content (AvgIpc) is 3.63. The lowest BCUT2D eigenvalue weighted by Gasteiger charge is -2.30. The lowest BCUT2D eigenvalue weighted by Crippen LogP contribution is -2.62. The molecule has 1 saturated heterocycles. The van der Waals surface area contributed by atoms with E-state index < -0.39 is 115 Å². The maximum Gasteiger partial charge on any atom is 0.322 e. The summed E-state index contributed by atoms with van der Waals surface area (Å²) in [5.74, 6) is -7.99. The molecule has 21 nitrogen and oxygen atoms in total. The first-order valence-corrected chi connectivity index (χ1v) is 20.2. The highest BCUT2D eigenvalue weighted by atomic mass is 32.2. The van der Waals surface area contributed by atoms with Crippen LogP contribution in [0.3, 0.4) is 0 Å². The van der Waals surface area contributed by atoms with E-state index in [0.717, 1.165) is 0 Å². The Balaban J connectivity index is 3.18. The number of aliphatic carboxylic acids is 1. The van der Waals surface area contributed by atoms with Crippen LogP contribution in [-0.2, 0) is 43.2 Å². The first kappa shape index (κ1) is 50.5. The average molecular weight is 832 g/mol. The number of nitrogens with two attached hydrogens (primary N) is 2. The van der Waals surface area contributed by atoms with Gasteiger partial charge in [0.05, 0.1) is 18.8 Å². The summed E-state index contributed by atoms with van der Waals surface area (Å²) >= 11 is 1.36. The van der Waals surface area contributed by atoms with Gasteiger partial charge in [0.2, 0.25) is 47.3 Å². The van der Waals surface area contributed by atoms with Gasteiger partial charge in [-0.05, 0) is 62.9 Å². The zero-order valence-electron chi connectivity index (χ0n) is 33.4. The van der Waals surface area contributed by atoms with E-state index in [4.69, 9.17) is 16.6 Å². The molecule has 1 aliphatic heterocycles. The highest BCUT2D eigenvalue weighted by Crippen LogP contribution is 2.20. The van der Waals surface area contributed by atoms with Gasteiger partial charge in [-0.15, -0.1) is 0 Å². The van der Waals surface area contributed by atoms with Crippen molar-refractivity contribution >= 4 is 65.0 Å². The van der Waals surface area contributed by atoms with Crippen LogP contribution < -0.4 is 43.4 Å². The standard InChI is InChI=1S/C35H61N9O12S/c1-17(2)14-22(31(52)43-28(19(5)46)34(55)40-21(11-13-57-6)29(50)38-15-26(48)49)41-32(53)23(16-45)42-30(51)20(9-10-25(36)47)39-33(54)24-8-7-12-44(24)35(56)27(37)18(3)4/h17-24,27-28,45-46H,7-16,37H2,1-6H3,(H2,36,47)(H,38,50)(H,39,54)(H,40,55)(H,41,53)(H,42,51)(H,43,52)(H,48,49)/t19-,20+,21+,22+,23+,24+,27+,28+/m1/s1. The molecule has 0 spiro atoms. The molecule has 0 unspecified atom stereocenters. The molecular formula is C35H61N9O12S. The molecule has 57 heavy (non-hydrogen) atoms. The number of hydrogen-bond acceptors (Lipinski definition) is 13. The number of thioether (sulfide) groups is 1. The molecular weight excluding hydrogens is 771 g/mol. The number of likely N-dealkylation sites (tertiary alicyclic amines) is 1. The first-order valence-electron chi connectivity index (χ1n) is 18.8. The van der Waals surface area contributed by atoms with E-state index in [1.54, 1.807) is 34.0 Å². The highest BCUT2D eigenvalue weighted by Gasteiger charge is 2.39. The second kappa shape index (κ2) is 25.0. The molecule has 8 atom stereocenters. The van der Waals surface area contributed by atoms with Crippen LogP contribution in [0.5, 0.6) is 0 Å². The summed E-state index contributed by atoms with van der Waals surface area (Å²) < 4.78 is 0. The Hall–Kier alpha value is -4.54. The molecule has 0 saturated carbocycles. The van der Waals surface area contributed by atoms with Crippen LogP contribution in [0.1, 0.15) is 73.1 Å². The SMILES string of the molecule is CSCC[C@H](NC(=O)[C@@H](NC(=O)[C@H](CC(C)C)NC(=O)[C@H](CO)NC(=O)[C@H](CCC(N)=O)NC(=O)[C@@H]1CCCN1C(=O)[C@@H](N)C(C)C)[C@@H](C)O)C(=O)NCC(=O)O. The number of carboxylic acid groups (broad SMARTS) is 1. The minimum absolute atomic E-state index is 0.0138. The second-order valence-corrected chi connectivity index (χ2v) is 15.6. The quantitative estimate of drug-likeness (QED) is 0.0418. The molecule has 8 amide bonds. The maximum atomic E-state index is 13.6. The van der Waals surface area contributed by atoms with Crippen molar-refractivity contribution in [3.8, 4) is 0 Å². The van der Waals surface area contributed by atoms with Crippen LogP contribution in [0.2, 0.25) is 0 Å². The Morgan fingerprint density at radius 3 is 1.88 bits per heavy atom. The van der Waals surface area contributed by atoms with Crippen molar-refractivity contribution in [1.82, 2.24) is 36.8 Å². The Morgan fingerprint density at radius 1 is 0.789 bits per heavy atom. The number of nitrogens with zero attached hydrogens (tertiary/aromatic N) is 1. The molecule has 0 bridgehead atoms. The van der Waals surface area contributed by atoms with Crippen LogP contribution in [-0.4, -0.2) is 154 Å². The Bertz CT molecular complexity index is 1430. The Labute approximate surface area is 336 Å². The molecule has 0 aromatic carbocycles. The fraction of sp³-hybridized carbons (Fsp3) is 0.743. The van der Waals surface area contributed by atoms with Crippen molar-refractivity contribution in [3.63, 3.8) is 0 Å².